The normalized spacial score (nSPS) is 21.7. The Hall–Kier alpha value is -1.16. The fourth-order valence-electron chi connectivity index (χ4n) is 2.99. The van der Waals surface area contributed by atoms with Crippen molar-refractivity contribution >= 4 is 23.4 Å². The Bertz CT molecular complexity index is 483. The summed E-state index contributed by atoms with van der Waals surface area (Å²) in [7, 11) is 0. The minimum atomic E-state index is 0.0942. The molecule has 1 aromatic carbocycles. The number of benzene rings is 1. The molecule has 1 aromatic rings. The number of nitrogens with one attached hydrogen (secondary N) is 2. The summed E-state index contributed by atoms with van der Waals surface area (Å²) in [5, 5.41) is 7.11. The maximum atomic E-state index is 12.4. The number of hydrogen-bond acceptors (Lipinski definition) is 3. The van der Waals surface area contributed by atoms with Crippen LogP contribution in [0.25, 0.3) is 0 Å². The number of amides is 1. The SMILES string of the molecule is O=C(NCC1CCCCS1)c1cccc2c1CCCN2. The van der Waals surface area contributed by atoms with E-state index < -0.39 is 0 Å². The Morgan fingerprint density at radius 1 is 1.35 bits per heavy atom. The highest BCUT2D eigenvalue weighted by molar-refractivity contribution is 7.99. The first kappa shape index (κ1) is 13.8. The number of carbonyl (C=O) groups is 1. The van der Waals surface area contributed by atoms with Crippen molar-refractivity contribution in [3.8, 4) is 0 Å². The predicted molar refractivity (Wildman–Crippen MR) is 85.7 cm³/mol. The van der Waals surface area contributed by atoms with Crippen LogP contribution in [0.2, 0.25) is 0 Å². The largest absolute Gasteiger partial charge is 0.385 e. The number of rotatable bonds is 3. The summed E-state index contributed by atoms with van der Waals surface area (Å²) in [5.41, 5.74) is 3.18. The molecule has 1 atom stereocenters. The van der Waals surface area contributed by atoms with Crippen molar-refractivity contribution < 1.29 is 4.79 Å². The van der Waals surface area contributed by atoms with Gasteiger partial charge in [-0.05, 0) is 49.1 Å². The van der Waals surface area contributed by atoms with Crippen LogP contribution in [-0.4, -0.2) is 30.0 Å². The zero-order chi connectivity index (χ0) is 13.8. The average Bonchev–Trinajstić information content (AvgIpc) is 2.53. The lowest BCUT2D eigenvalue weighted by atomic mass is 9.97. The van der Waals surface area contributed by atoms with Crippen LogP contribution in [0.5, 0.6) is 0 Å². The molecule has 1 amide bonds. The minimum Gasteiger partial charge on any atom is -0.385 e. The lowest BCUT2D eigenvalue weighted by Gasteiger charge is -2.23. The zero-order valence-corrected chi connectivity index (χ0v) is 12.6. The van der Waals surface area contributed by atoms with Crippen molar-refractivity contribution in [2.45, 2.75) is 37.4 Å². The summed E-state index contributed by atoms with van der Waals surface area (Å²) in [6.07, 6.45) is 5.98. The summed E-state index contributed by atoms with van der Waals surface area (Å²) in [5.74, 6) is 1.34. The molecule has 2 aliphatic heterocycles. The fraction of sp³-hybridized carbons (Fsp3) is 0.562. The van der Waals surface area contributed by atoms with Crippen LogP contribution in [0.3, 0.4) is 0 Å². The molecule has 3 rings (SSSR count). The molecule has 0 bridgehead atoms. The van der Waals surface area contributed by atoms with E-state index in [1.165, 1.54) is 30.6 Å². The van der Waals surface area contributed by atoms with E-state index in [0.29, 0.717) is 5.25 Å². The Morgan fingerprint density at radius 2 is 2.30 bits per heavy atom. The van der Waals surface area contributed by atoms with Crippen LogP contribution in [0, 0.1) is 0 Å². The van der Waals surface area contributed by atoms with Crippen molar-refractivity contribution in [3.05, 3.63) is 29.3 Å². The number of anilines is 1. The number of fused-ring (bicyclic) bond motifs is 1. The van der Waals surface area contributed by atoms with Crippen molar-refractivity contribution in [1.29, 1.82) is 0 Å². The summed E-state index contributed by atoms with van der Waals surface area (Å²) in [4.78, 5) is 12.4. The molecule has 108 valence electrons. The van der Waals surface area contributed by atoms with Gasteiger partial charge >= 0.3 is 0 Å². The zero-order valence-electron chi connectivity index (χ0n) is 11.8. The highest BCUT2D eigenvalue weighted by atomic mass is 32.2. The highest BCUT2D eigenvalue weighted by Gasteiger charge is 2.19. The maximum absolute atomic E-state index is 12.4. The van der Waals surface area contributed by atoms with E-state index in [2.05, 4.69) is 16.7 Å². The number of hydrogen-bond donors (Lipinski definition) is 2. The molecule has 2 aliphatic rings. The average molecular weight is 290 g/mol. The molecular weight excluding hydrogens is 268 g/mol. The lowest BCUT2D eigenvalue weighted by molar-refractivity contribution is 0.0952. The van der Waals surface area contributed by atoms with Crippen LogP contribution in [0.4, 0.5) is 5.69 Å². The molecule has 3 nitrogen and oxygen atoms in total. The molecule has 0 aromatic heterocycles. The van der Waals surface area contributed by atoms with Crippen molar-refractivity contribution in [1.82, 2.24) is 5.32 Å². The van der Waals surface area contributed by atoms with Gasteiger partial charge in [-0.2, -0.15) is 11.8 Å². The van der Waals surface area contributed by atoms with E-state index in [1.54, 1.807) is 0 Å². The van der Waals surface area contributed by atoms with Gasteiger partial charge in [0.25, 0.3) is 5.91 Å². The van der Waals surface area contributed by atoms with Gasteiger partial charge in [-0.1, -0.05) is 12.5 Å². The first-order valence-corrected chi connectivity index (χ1v) is 8.65. The van der Waals surface area contributed by atoms with Gasteiger partial charge in [0, 0.05) is 29.6 Å². The lowest BCUT2D eigenvalue weighted by Crippen LogP contribution is -2.33. The van der Waals surface area contributed by atoms with E-state index in [9.17, 15) is 4.79 Å². The highest BCUT2D eigenvalue weighted by Crippen LogP contribution is 2.26. The monoisotopic (exact) mass is 290 g/mol. The molecule has 1 fully saturated rings. The maximum Gasteiger partial charge on any atom is 0.251 e. The van der Waals surface area contributed by atoms with Gasteiger partial charge in [-0.3, -0.25) is 4.79 Å². The van der Waals surface area contributed by atoms with E-state index in [1.807, 2.05) is 23.9 Å². The van der Waals surface area contributed by atoms with Crippen molar-refractivity contribution in [2.24, 2.45) is 0 Å². The third-order valence-corrected chi connectivity index (χ3v) is 5.50. The third kappa shape index (κ3) is 3.11. The van der Waals surface area contributed by atoms with Crippen LogP contribution in [0.1, 0.15) is 41.6 Å². The summed E-state index contributed by atoms with van der Waals surface area (Å²) >= 11 is 2.00. The van der Waals surface area contributed by atoms with Gasteiger partial charge in [-0.15, -0.1) is 0 Å². The minimum absolute atomic E-state index is 0.0942. The molecule has 0 radical (unpaired) electrons. The van der Waals surface area contributed by atoms with E-state index in [4.69, 9.17) is 0 Å². The Morgan fingerprint density at radius 3 is 3.15 bits per heavy atom. The van der Waals surface area contributed by atoms with Crippen molar-refractivity contribution in [2.75, 3.05) is 24.2 Å². The molecule has 4 heteroatoms. The van der Waals surface area contributed by atoms with E-state index in [0.717, 1.165) is 37.2 Å². The van der Waals surface area contributed by atoms with E-state index in [-0.39, 0.29) is 5.91 Å². The second-order valence-corrected chi connectivity index (χ2v) is 6.97. The van der Waals surface area contributed by atoms with Gasteiger partial charge < -0.3 is 10.6 Å². The van der Waals surface area contributed by atoms with Gasteiger partial charge in [0.2, 0.25) is 0 Å². The Balaban J connectivity index is 1.64. The van der Waals surface area contributed by atoms with Crippen LogP contribution in [-0.2, 0) is 6.42 Å². The Kier molecular flexibility index (Phi) is 4.51. The topological polar surface area (TPSA) is 41.1 Å². The molecule has 20 heavy (non-hydrogen) atoms. The molecule has 1 saturated heterocycles. The molecule has 1 unspecified atom stereocenters. The molecule has 0 spiro atoms. The van der Waals surface area contributed by atoms with Gasteiger partial charge in [-0.25, -0.2) is 0 Å². The molecule has 2 N–H and O–H groups in total. The third-order valence-electron chi connectivity index (χ3n) is 4.10. The molecule has 0 saturated carbocycles. The number of carbonyl (C=O) groups excluding carboxylic acids is 1. The molecular formula is C16H22N2OS. The van der Waals surface area contributed by atoms with E-state index >= 15 is 0 Å². The summed E-state index contributed by atoms with van der Waals surface area (Å²) in [6.45, 7) is 1.82. The molecule has 0 aliphatic carbocycles. The van der Waals surface area contributed by atoms with Crippen molar-refractivity contribution in [3.63, 3.8) is 0 Å². The summed E-state index contributed by atoms with van der Waals surface area (Å²) < 4.78 is 0. The Labute approximate surface area is 124 Å². The van der Waals surface area contributed by atoms with Crippen LogP contribution >= 0.6 is 11.8 Å². The summed E-state index contributed by atoms with van der Waals surface area (Å²) in [6, 6.07) is 6.00. The van der Waals surface area contributed by atoms with Crippen LogP contribution < -0.4 is 10.6 Å². The smallest absolute Gasteiger partial charge is 0.251 e. The number of thioether (sulfide) groups is 1. The first-order valence-electron chi connectivity index (χ1n) is 7.60. The quantitative estimate of drug-likeness (QED) is 0.899. The fourth-order valence-corrected chi connectivity index (χ4v) is 4.23. The van der Waals surface area contributed by atoms with Crippen LogP contribution in [0.15, 0.2) is 18.2 Å². The van der Waals surface area contributed by atoms with Gasteiger partial charge in [0.1, 0.15) is 0 Å². The predicted octanol–water partition coefficient (Wildman–Crippen LogP) is 3.06. The second kappa shape index (κ2) is 6.53. The standard InChI is InChI=1S/C16H22N2OS/c19-16(18-11-12-5-1-2-10-20-12)14-6-3-8-15-13(14)7-4-9-17-15/h3,6,8,12,17H,1-2,4-5,7,9-11H2,(H,18,19). The second-order valence-electron chi connectivity index (χ2n) is 5.56. The molecule has 2 heterocycles. The van der Waals surface area contributed by atoms with Gasteiger partial charge in [0.05, 0.1) is 0 Å². The van der Waals surface area contributed by atoms with Gasteiger partial charge in [0.15, 0.2) is 0 Å². The first-order chi connectivity index (χ1) is 9.84.